The number of rotatable bonds is 6. The summed E-state index contributed by atoms with van der Waals surface area (Å²) < 4.78 is 18.2. The van der Waals surface area contributed by atoms with Gasteiger partial charge in [-0.15, -0.1) is 0 Å². The molecule has 0 bridgehead atoms. The van der Waals surface area contributed by atoms with Crippen molar-refractivity contribution in [3.63, 3.8) is 0 Å². The lowest BCUT2D eigenvalue weighted by Gasteiger charge is -2.08. The minimum absolute atomic E-state index is 0.0667. The van der Waals surface area contributed by atoms with Crippen molar-refractivity contribution in [2.75, 3.05) is 0 Å². The molecule has 18 heavy (non-hydrogen) atoms. The topological polar surface area (TPSA) is 29.6 Å². The number of epoxide rings is 1. The van der Waals surface area contributed by atoms with E-state index in [1.165, 1.54) is 5.56 Å². The molecule has 2 rings (SSSR count). The maximum atomic E-state index is 12.6. The van der Waals surface area contributed by atoms with Gasteiger partial charge in [0.05, 0.1) is 10.8 Å². The van der Waals surface area contributed by atoms with Crippen LogP contribution in [0.25, 0.3) is 0 Å². The normalized spacial score (nSPS) is 27.8. The van der Waals surface area contributed by atoms with E-state index >= 15 is 0 Å². The zero-order chi connectivity index (χ0) is 13.2. The van der Waals surface area contributed by atoms with Gasteiger partial charge in [0.2, 0.25) is 0 Å². The number of hydrogen-bond donors (Lipinski definition) is 0. The number of unbranched alkanes of at least 4 members (excludes halogenated alkanes) is 1. The van der Waals surface area contributed by atoms with Crippen molar-refractivity contribution < 1.29 is 8.95 Å². The summed E-state index contributed by atoms with van der Waals surface area (Å²) >= 11 is 0. The van der Waals surface area contributed by atoms with Crippen molar-refractivity contribution in [2.45, 2.75) is 49.0 Å². The van der Waals surface area contributed by atoms with Crippen molar-refractivity contribution >= 4 is 10.8 Å². The van der Waals surface area contributed by atoms with E-state index in [0.29, 0.717) is 0 Å². The molecule has 1 heterocycles. The van der Waals surface area contributed by atoms with E-state index in [0.717, 1.165) is 24.2 Å². The van der Waals surface area contributed by atoms with Crippen LogP contribution in [-0.4, -0.2) is 15.2 Å². The van der Waals surface area contributed by atoms with Crippen LogP contribution in [0.4, 0.5) is 0 Å². The highest BCUT2D eigenvalue weighted by Gasteiger charge is 2.58. The summed E-state index contributed by atoms with van der Waals surface area (Å²) in [5.74, 6) is 0. The van der Waals surface area contributed by atoms with Crippen LogP contribution in [0, 0.1) is 6.92 Å². The maximum Gasteiger partial charge on any atom is 0.191 e. The Labute approximate surface area is 112 Å². The Morgan fingerprint density at radius 3 is 2.67 bits per heavy atom. The summed E-state index contributed by atoms with van der Waals surface area (Å²) in [6, 6.07) is 7.78. The van der Waals surface area contributed by atoms with Gasteiger partial charge in [-0.05, 0) is 31.6 Å². The van der Waals surface area contributed by atoms with Crippen molar-refractivity contribution in [3.05, 3.63) is 42.5 Å². The second kappa shape index (κ2) is 5.37. The Kier molecular flexibility index (Phi) is 4.03. The van der Waals surface area contributed by atoms with E-state index in [2.05, 4.69) is 13.5 Å². The van der Waals surface area contributed by atoms with E-state index in [1.807, 2.05) is 31.2 Å². The summed E-state index contributed by atoms with van der Waals surface area (Å²) in [4.78, 5) is 0.171. The molecule has 0 N–H and O–H groups in total. The van der Waals surface area contributed by atoms with Gasteiger partial charge < -0.3 is 4.74 Å². The lowest BCUT2D eigenvalue weighted by molar-refractivity contribution is 0.362. The molecule has 1 aromatic carbocycles. The van der Waals surface area contributed by atoms with Crippen LogP contribution in [0.3, 0.4) is 0 Å². The molecule has 0 aliphatic carbocycles. The molecule has 1 aliphatic heterocycles. The zero-order valence-corrected chi connectivity index (χ0v) is 11.8. The van der Waals surface area contributed by atoms with Crippen LogP contribution >= 0.6 is 0 Å². The maximum absolute atomic E-state index is 12.6. The van der Waals surface area contributed by atoms with Gasteiger partial charge in [-0.2, -0.15) is 0 Å². The molecule has 1 aliphatic rings. The van der Waals surface area contributed by atoms with Crippen molar-refractivity contribution in [3.8, 4) is 0 Å². The Hall–Kier alpha value is -0.930. The van der Waals surface area contributed by atoms with Gasteiger partial charge in [0.15, 0.2) is 4.93 Å². The minimum atomic E-state index is -1.16. The third kappa shape index (κ3) is 2.43. The zero-order valence-electron chi connectivity index (χ0n) is 11.0. The molecule has 0 amide bonds. The summed E-state index contributed by atoms with van der Waals surface area (Å²) in [7, 11) is -1.16. The molecule has 2 nitrogen and oxygen atoms in total. The minimum Gasteiger partial charge on any atom is -0.347 e. The quantitative estimate of drug-likeness (QED) is 0.580. The number of benzene rings is 1. The molecule has 0 saturated carbocycles. The van der Waals surface area contributed by atoms with Gasteiger partial charge in [-0.25, -0.2) is 0 Å². The Balaban J connectivity index is 2.12. The lowest BCUT2D eigenvalue weighted by atomic mass is 10.1. The van der Waals surface area contributed by atoms with E-state index in [9.17, 15) is 4.21 Å². The molecule has 1 fully saturated rings. The van der Waals surface area contributed by atoms with Gasteiger partial charge >= 0.3 is 0 Å². The summed E-state index contributed by atoms with van der Waals surface area (Å²) in [5.41, 5.74) is 1.17. The first-order valence-corrected chi connectivity index (χ1v) is 7.59. The van der Waals surface area contributed by atoms with Crippen LogP contribution in [0.5, 0.6) is 0 Å². The molecule has 0 spiro atoms. The van der Waals surface area contributed by atoms with E-state index < -0.39 is 15.7 Å². The number of ether oxygens (including phenoxy) is 1. The van der Waals surface area contributed by atoms with Crippen LogP contribution in [0.1, 0.15) is 31.7 Å². The molecular weight excluding hydrogens is 244 g/mol. The highest BCUT2D eigenvalue weighted by Crippen LogP contribution is 2.46. The van der Waals surface area contributed by atoms with Gasteiger partial charge in [-0.3, -0.25) is 4.21 Å². The standard InChI is InChI=1S/C15H20O2S/c1-4-6-7-14-15(5-2,17-14)18(16)13-10-8-12(3)9-11-13/h5,8-11,14H,2,4,6-7H2,1,3H3/t14-,15+,18-/m0/s1. The Bertz CT molecular complexity index is 452. The first-order valence-electron chi connectivity index (χ1n) is 6.44. The fourth-order valence-corrected chi connectivity index (χ4v) is 3.57. The van der Waals surface area contributed by atoms with Crippen molar-refractivity contribution in [1.29, 1.82) is 0 Å². The van der Waals surface area contributed by atoms with Gasteiger partial charge in [0.1, 0.15) is 6.10 Å². The SMILES string of the molecule is C=C[C@]1([S@@](=O)c2ccc(C)cc2)O[C@H]1CCCC. The van der Waals surface area contributed by atoms with Crippen LogP contribution < -0.4 is 0 Å². The third-order valence-electron chi connectivity index (χ3n) is 3.35. The molecule has 0 unspecified atom stereocenters. The van der Waals surface area contributed by atoms with E-state index in [1.54, 1.807) is 6.08 Å². The largest absolute Gasteiger partial charge is 0.347 e. The molecule has 1 aromatic rings. The summed E-state index contributed by atoms with van der Waals surface area (Å²) in [5, 5.41) is 0. The molecule has 1 saturated heterocycles. The third-order valence-corrected chi connectivity index (χ3v) is 5.15. The first-order chi connectivity index (χ1) is 8.64. The first kappa shape index (κ1) is 13.5. The van der Waals surface area contributed by atoms with Gasteiger partial charge in [0, 0.05) is 4.90 Å². The van der Waals surface area contributed by atoms with Crippen molar-refractivity contribution in [2.24, 2.45) is 0 Å². The second-order valence-electron chi connectivity index (χ2n) is 4.76. The highest BCUT2D eigenvalue weighted by molar-refractivity contribution is 7.86. The predicted octanol–water partition coefficient (Wildman–Crippen LogP) is 3.57. The monoisotopic (exact) mass is 264 g/mol. The lowest BCUT2D eigenvalue weighted by Crippen LogP contribution is -2.19. The number of hydrogen-bond acceptors (Lipinski definition) is 2. The summed E-state index contributed by atoms with van der Waals surface area (Å²) in [6.45, 7) is 7.97. The Morgan fingerprint density at radius 2 is 2.11 bits per heavy atom. The van der Waals surface area contributed by atoms with Gasteiger partial charge in [0.25, 0.3) is 0 Å². The molecule has 0 radical (unpaired) electrons. The van der Waals surface area contributed by atoms with Gasteiger partial charge in [-0.1, -0.05) is 44.0 Å². The van der Waals surface area contributed by atoms with E-state index in [4.69, 9.17) is 4.74 Å². The predicted molar refractivity (Wildman–Crippen MR) is 74.9 cm³/mol. The Morgan fingerprint density at radius 1 is 1.44 bits per heavy atom. The molecule has 98 valence electrons. The highest BCUT2D eigenvalue weighted by atomic mass is 32.2. The average molecular weight is 264 g/mol. The van der Waals surface area contributed by atoms with Crippen LogP contribution in [0.15, 0.2) is 41.8 Å². The molecule has 3 atom stereocenters. The smallest absolute Gasteiger partial charge is 0.191 e. The molecule has 3 heteroatoms. The van der Waals surface area contributed by atoms with E-state index in [-0.39, 0.29) is 6.10 Å². The fourth-order valence-electron chi connectivity index (χ4n) is 2.10. The number of aryl methyl sites for hydroxylation is 1. The van der Waals surface area contributed by atoms with Crippen LogP contribution in [-0.2, 0) is 15.5 Å². The van der Waals surface area contributed by atoms with Crippen LogP contribution in [0.2, 0.25) is 0 Å². The summed E-state index contributed by atoms with van der Waals surface area (Å²) in [6.07, 6.45) is 4.97. The second-order valence-corrected chi connectivity index (χ2v) is 6.40. The molecule has 0 aromatic heterocycles. The molecular formula is C15H20O2S. The average Bonchev–Trinajstić information content (AvgIpc) is 3.11. The van der Waals surface area contributed by atoms with Crippen molar-refractivity contribution in [1.82, 2.24) is 0 Å². The fraction of sp³-hybridized carbons (Fsp3) is 0.467.